The van der Waals surface area contributed by atoms with E-state index in [-0.39, 0.29) is 12.5 Å². The summed E-state index contributed by atoms with van der Waals surface area (Å²) in [6.07, 6.45) is 3.50. The van der Waals surface area contributed by atoms with Crippen molar-refractivity contribution in [1.29, 1.82) is 0 Å². The first-order valence-corrected chi connectivity index (χ1v) is 6.75. The van der Waals surface area contributed by atoms with Gasteiger partial charge in [-0.25, -0.2) is 9.50 Å². The van der Waals surface area contributed by atoms with Gasteiger partial charge >= 0.3 is 0 Å². The summed E-state index contributed by atoms with van der Waals surface area (Å²) in [5.74, 6) is 0.140. The van der Waals surface area contributed by atoms with E-state index in [0.717, 1.165) is 0 Å². The number of fused-ring (bicyclic) bond motifs is 1. The number of aryl methyl sites for hydroxylation is 1. The Hall–Kier alpha value is -1.95. The Balaban J connectivity index is 2.10. The van der Waals surface area contributed by atoms with Gasteiger partial charge in [0.05, 0.1) is 11.8 Å². The fraction of sp³-hybridized carbons (Fsp3) is 0.500. The van der Waals surface area contributed by atoms with Gasteiger partial charge < -0.3 is 10.4 Å². The molecule has 0 aliphatic heterocycles. The molecule has 0 aliphatic carbocycles. The summed E-state index contributed by atoms with van der Waals surface area (Å²) in [7, 11) is 0. The number of rotatable bonds is 5. The lowest BCUT2D eigenvalue weighted by Crippen LogP contribution is -2.33. The maximum absolute atomic E-state index is 12.2. The number of amides is 1. The van der Waals surface area contributed by atoms with Crippen molar-refractivity contribution in [3.63, 3.8) is 0 Å². The van der Waals surface area contributed by atoms with Crippen LogP contribution in [0.25, 0.3) is 5.65 Å². The third-order valence-corrected chi connectivity index (χ3v) is 3.04. The molecule has 6 nitrogen and oxygen atoms in total. The molecule has 2 N–H and O–H groups in total. The summed E-state index contributed by atoms with van der Waals surface area (Å²) in [5, 5.41) is 16.8. The number of aliphatic hydroxyl groups is 1. The van der Waals surface area contributed by atoms with Gasteiger partial charge in [0, 0.05) is 18.9 Å². The molecule has 0 saturated heterocycles. The molecule has 0 bridgehead atoms. The Labute approximate surface area is 117 Å². The van der Waals surface area contributed by atoms with Crippen LogP contribution in [-0.4, -0.2) is 38.3 Å². The summed E-state index contributed by atoms with van der Waals surface area (Å²) in [4.78, 5) is 16.4. The fourth-order valence-corrected chi connectivity index (χ4v) is 2.19. The van der Waals surface area contributed by atoms with Crippen molar-refractivity contribution in [2.24, 2.45) is 5.92 Å². The molecule has 108 valence electrons. The van der Waals surface area contributed by atoms with Crippen molar-refractivity contribution in [2.75, 3.05) is 6.54 Å². The Kier molecular flexibility index (Phi) is 4.34. The van der Waals surface area contributed by atoms with Gasteiger partial charge in [-0.1, -0.05) is 13.8 Å². The molecule has 1 atom stereocenters. The number of carbonyl (C=O) groups is 1. The molecular weight excluding hydrogens is 256 g/mol. The number of nitrogens with one attached hydrogen (secondary N) is 1. The normalized spacial score (nSPS) is 12.8. The molecule has 0 radical (unpaired) electrons. The first-order valence-electron chi connectivity index (χ1n) is 6.75. The van der Waals surface area contributed by atoms with Crippen molar-refractivity contribution in [1.82, 2.24) is 19.9 Å². The van der Waals surface area contributed by atoms with Crippen LogP contribution < -0.4 is 5.32 Å². The molecule has 2 aromatic heterocycles. The van der Waals surface area contributed by atoms with Crippen LogP contribution >= 0.6 is 0 Å². The standard InChI is InChI=1S/C14H20N4O2/c1-9(2)7-11(19)8-16-14(20)12-10(3)17-18-6-4-5-15-13(12)18/h4-6,9,11,19H,7-8H2,1-3H3,(H,16,20). The van der Waals surface area contributed by atoms with E-state index in [2.05, 4.69) is 15.4 Å². The van der Waals surface area contributed by atoms with E-state index >= 15 is 0 Å². The zero-order valence-corrected chi connectivity index (χ0v) is 12.0. The number of carbonyl (C=O) groups excluding carboxylic acids is 1. The highest BCUT2D eigenvalue weighted by atomic mass is 16.3. The van der Waals surface area contributed by atoms with Crippen LogP contribution in [0, 0.1) is 12.8 Å². The first kappa shape index (κ1) is 14.5. The predicted octanol–water partition coefficient (Wildman–Crippen LogP) is 1.17. The molecule has 2 aromatic rings. The lowest BCUT2D eigenvalue weighted by molar-refractivity contribution is 0.0901. The minimum atomic E-state index is -0.533. The second-order valence-corrected chi connectivity index (χ2v) is 5.34. The molecule has 1 unspecified atom stereocenters. The van der Waals surface area contributed by atoms with Crippen molar-refractivity contribution >= 4 is 11.6 Å². The zero-order valence-electron chi connectivity index (χ0n) is 12.0. The summed E-state index contributed by atoms with van der Waals surface area (Å²) in [5.41, 5.74) is 1.61. The maximum atomic E-state index is 12.2. The Morgan fingerprint density at radius 3 is 2.95 bits per heavy atom. The molecule has 2 heterocycles. The van der Waals surface area contributed by atoms with Gasteiger partial charge in [-0.05, 0) is 25.3 Å². The van der Waals surface area contributed by atoms with E-state index in [9.17, 15) is 9.90 Å². The lowest BCUT2D eigenvalue weighted by Gasteiger charge is -2.13. The molecular formula is C14H20N4O2. The first-order chi connectivity index (χ1) is 9.49. The van der Waals surface area contributed by atoms with Gasteiger partial charge in [-0.15, -0.1) is 0 Å². The van der Waals surface area contributed by atoms with E-state index in [1.54, 1.807) is 29.9 Å². The predicted molar refractivity (Wildman–Crippen MR) is 75.5 cm³/mol. The lowest BCUT2D eigenvalue weighted by atomic mass is 10.1. The van der Waals surface area contributed by atoms with Crippen molar-refractivity contribution in [3.05, 3.63) is 29.7 Å². The number of aromatic nitrogens is 3. The number of nitrogens with zero attached hydrogens (tertiary/aromatic N) is 3. The molecule has 1 amide bonds. The minimum absolute atomic E-state index is 0.237. The number of hydrogen-bond donors (Lipinski definition) is 2. The summed E-state index contributed by atoms with van der Waals surface area (Å²) in [6.45, 7) is 6.07. The maximum Gasteiger partial charge on any atom is 0.257 e. The Morgan fingerprint density at radius 2 is 2.25 bits per heavy atom. The average molecular weight is 276 g/mol. The second kappa shape index (κ2) is 6.00. The smallest absolute Gasteiger partial charge is 0.257 e. The van der Waals surface area contributed by atoms with Crippen LogP contribution in [-0.2, 0) is 0 Å². The third kappa shape index (κ3) is 3.14. The Bertz CT molecular complexity index is 606. The summed E-state index contributed by atoms with van der Waals surface area (Å²) in [6, 6.07) is 1.76. The van der Waals surface area contributed by atoms with Crippen LogP contribution in [0.3, 0.4) is 0 Å². The Morgan fingerprint density at radius 1 is 1.50 bits per heavy atom. The molecule has 0 saturated carbocycles. The highest BCUT2D eigenvalue weighted by molar-refractivity contribution is 6.00. The quantitative estimate of drug-likeness (QED) is 0.859. The van der Waals surface area contributed by atoms with Crippen molar-refractivity contribution in [2.45, 2.75) is 33.3 Å². The molecule has 2 rings (SSSR count). The molecule has 0 aliphatic rings. The topological polar surface area (TPSA) is 79.5 Å². The van der Waals surface area contributed by atoms with E-state index in [4.69, 9.17) is 0 Å². The fourth-order valence-electron chi connectivity index (χ4n) is 2.19. The van der Waals surface area contributed by atoms with Crippen molar-refractivity contribution in [3.8, 4) is 0 Å². The van der Waals surface area contributed by atoms with Crippen LogP contribution in [0.2, 0.25) is 0 Å². The average Bonchev–Trinajstić information content (AvgIpc) is 2.71. The van der Waals surface area contributed by atoms with Crippen molar-refractivity contribution < 1.29 is 9.90 Å². The van der Waals surface area contributed by atoms with Gasteiger partial charge in [0.15, 0.2) is 5.65 Å². The van der Waals surface area contributed by atoms with Gasteiger partial charge in [0.1, 0.15) is 5.56 Å². The highest BCUT2D eigenvalue weighted by Crippen LogP contribution is 2.12. The van der Waals surface area contributed by atoms with E-state index < -0.39 is 6.10 Å². The van der Waals surface area contributed by atoms with Crippen LogP contribution in [0.4, 0.5) is 0 Å². The molecule has 20 heavy (non-hydrogen) atoms. The second-order valence-electron chi connectivity index (χ2n) is 5.34. The van der Waals surface area contributed by atoms with E-state index in [0.29, 0.717) is 29.2 Å². The molecule has 0 spiro atoms. The van der Waals surface area contributed by atoms with Gasteiger partial charge in [-0.2, -0.15) is 5.10 Å². The van der Waals surface area contributed by atoms with E-state index in [1.165, 1.54) is 0 Å². The minimum Gasteiger partial charge on any atom is -0.391 e. The van der Waals surface area contributed by atoms with Crippen LogP contribution in [0.15, 0.2) is 18.5 Å². The SMILES string of the molecule is Cc1nn2cccnc2c1C(=O)NCC(O)CC(C)C. The third-order valence-electron chi connectivity index (χ3n) is 3.04. The van der Waals surface area contributed by atoms with Gasteiger partial charge in [0.25, 0.3) is 5.91 Å². The molecule has 6 heteroatoms. The largest absolute Gasteiger partial charge is 0.391 e. The van der Waals surface area contributed by atoms with Crippen LogP contribution in [0.1, 0.15) is 36.3 Å². The molecule has 0 aromatic carbocycles. The van der Waals surface area contributed by atoms with Crippen LogP contribution in [0.5, 0.6) is 0 Å². The van der Waals surface area contributed by atoms with Gasteiger partial charge in [-0.3, -0.25) is 4.79 Å². The van der Waals surface area contributed by atoms with Gasteiger partial charge in [0.2, 0.25) is 0 Å². The van der Waals surface area contributed by atoms with E-state index in [1.807, 2.05) is 13.8 Å². The summed E-state index contributed by atoms with van der Waals surface area (Å²) >= 11 is 0. The number of hydrogen-bond acceptors (Lipinski definition) is 4. The monoisotopic (exact) mass is 276 g/mol. The number of aliphatic hydroxyl groups excluding tert-OH is 1. The highest BCUT2D eigenvalue weighted by Gasteiger charge is 2.18. The zero-order chi connectivity index (χ0) is 14.7. The summed E-state index contributed by atoms with van der Waals surface area (Å²) < 4.78 is 1.58. The molecule has 0 fully saturated rings.